The van der Waals surface area contributed by atoms with Crippen LogP contribution in [0.25, 0.3) is 10.9 Å². The van der Waals surface area contributed by atoms with Crippen LogP contribution in [0.4, 0.5) is 0 Å². The number of para-hydroxylation sites is 1. The maximum absolute atomic E-state index is 12.5. The Balaban J connectivity index is 1.94. The average Bonchev–Trinajstić information content (AvgIpc) is 2.94. The smallest absolute Gasteiger partial charge is 0.258 e. The van der Waals surface area contributed by atoms with Crippen LogP contribution in [0.5, 0.6) is 0 Å². The van der Waals surface area contributed by atoms with E-state index in [1.54, 1.807) is 24.3 Å². The summed E-state index contributed by atoms with van der Waals surface area (Å²) in [6.45, 7) is -0.0437. The van der Waals surface area contributed by atoms with Gasteiger partial charge in [-0.2, -0.15) is 4.31 Å². The minimum absolute atomic E-state index is 0.0437. The van der Waals surface area contributed by atoms with Crippen molar-refractivity contribution in [1.82, 2.24) is 14.3 Å². The molecule has 0 atom stereocenters. The standard InChI is InChI=1S/C14H12ClN3O3S2/c1-18(23(20,21)13-7-6-11(15)22-13)8-12-16-10-5-3-2-4-9(10)14(19)17-12/h2-7H,8H2,1H3,(H,16,17,19). The molecule has 0 bridgehead atoms. The first-order valence-corrected chi connectivity index (χ1v) is 9.21. The third-order valence-corrected chi connectivity index (χ3v) is 6.75. The lowest BCUT2D eigenvalue weighted by molar-refractivity contribution is 0.458. The normalized spacial score (nSPS) is 12.1. The fourth-order valence-corrected chi connectivity index (χ4v) is 4.92. The molecular weight excluding hydrogens is 358 g/mol. The van der Waals surface area contributed by atoms with E-state index in [-0.39, 0.29) is 22.1 Å². The predicted octanol–water partition coefficient (Wildman–Crippen LogP) is 2.46. The molecular formula is C14H12ClN3O3S2. The van der Waals surface area contributed by atoms with E-state index in [9.17, 15) is 13.2 Å². The number of aromatic amines is 1. The molecule has 2 heterocycles. The summed E-state index contributed by atoms with van der Waals surface area (Å²) in [6, 6.07) is 9.88. The van der Waals surface area contributed by atoms with E-state index >= 15 is 0 Å². The fourth-order valence-electron chi connectivity index (χ4n) is 2.10. The molecule has 0 aliphatic carbocycles. The summed E-state index contributed by atoms with van der Waals surface area (Å²) in [5, 5.41) is 0.465. The minimum atomic E-state index is -3.68. The lowest BCUT2D eigenvalue weighted by Crippen LogP contribution is -2.28. The Morgan fingerprint density at radius 2 is 2.00 bits per heavy atom. The van der Waals surface area contributed by atoms with Crippen LogP contribution in [0.3, 0.4) is 0 Å². The van der Waals surface area contributed by atoms with Gasteiger partial charge in [0.15, 0.2) is 0 Å². The van der Waals surface area contributed by atoms with Gasteiger partial charge in [0.25, 0.3) is 15.6 Å². The van der Waals surface area contributed by atoms with Gasteiger partial charge in [-0.15, -0.1) is 11.3 Å². The summed E-state index contributed by atoms with van der Waals surface area (Å²) in [5.74, 6) is 0.280. The van der Waals surface area contributed by atoms with E-state index in [4.69, 9.17) is 11.6 Å². The fraction of sp³-hybridized carbons (Fsp3) is 0.143. The monoisotopic (exact) mass is 369 g/mol. The molecule has 1 aromatic carbocycles. The first kappa shape index (κ1) is 16.1. The number of rotatable bonds is 4. The number of H-pyrrole nitrogens is 1. The Kier molecular flexibility index (Phi) is 4.24. The summed E-state index contributed by atoms with van der Waals surface area (Å²) >= 11 is 6.78. The van der Waals surface area contributed by atoms with Crippen molar-refractivity contribution < 1.29 is 8.42 Å². The van der Waals surface area contributed by atoms with Crippen molar-refractivity contribution in [3.63, 3.8) is 0 Å². The molecule has 0 saturated heterocycles. The Labute approximate surface area is 141 Å². The van der Waals surface area contributed by atoms with Gasteiger partial charge in [-0.25, -0.2) is 13.4 Å². The van der Waals surface area contributed by atoms with Crippen molar-refractivity contribution in [2.75, 3.05) is 7.05 Å². The van der Waals surface area contributed by atoms with Gasteiger partial charge >= 0.3 is 0 Å². The van der Waals surface area contributed by atoms with Gasteiger partial charge < -0.3 is 4.98 Å². The number of sulfonamides is 1. The second-order valence-electron chi connectivity index (χ2n) is 4.85. The molecule has 6 nitrogen and oxygen atoms in total. The summed E-state index contributed by atoms with van der Waals surface area (Å²) in [4.78, 5) is 18.9. The van der Waals surface area contributed by atoms with Crippen LogP contribution in [0, 0.1) is 0 Å². The van der Waals surface area contributed by atoms with Crippen molar-refractivity contribution in [3.05, 3.63) is 56.9 Å². The van der Waals surface area contributed by atoms with Gasteiger partial charge in [0.2, 0.25) is 0 Å². The highest BCUT2D eigenvalue weighted by Crippen LogP contribution is 2.27. The van der Waals surface area contributed by atoms with Crippen molar-refractivity contribution in [1.29, 1.82) is 0 Å². The number of nitrogens with one attached hydrogen (secondary N) is 1. The molecule has 0 unspecified atom stereocenters. The Bertz CT molecular complexity index is 1030. The summed E-state index contributed by atoms with van der Waals surface area (Å²) in [5.41, 5.74) is 0.229. The third kappa shape index (κ3) is 3.16. The van der Waals surface area contributed by atoms with E-state index in [0.29, 0.717) is 15.2 Å². The molecule has 23 heavy (non-hydrogen) atoms. The Hall–Kier alpha value is -1.74. The topological polar surface area (TPSA) is 83.1 Å². The first-order valence-electron chi connectivity index (χ1n) is 6.57. The number of nitrogens with zero attached hydrogens (tertiary/aromatic N) is 2. The van der Waals surface area contributed by atoms with Crippen LogP contribution in [0.1, 0.15) is 5.82 Å². The molecule has 1 N–H and O–H groups in total. The first-order chi connectivity index (χ1) is 10.9. The van der Waals surface area contributed by atoms with Crippen LogP contribution in [-0.2, 0) is 16.6 Å². The van der Waals surface area contributed by atoms with E-state index in [1.807, 2.05) is 0 Å². The second kappa shape index (κ2) is 6.04. The average molecular weight is 370 g/mol. The number of benzene rings is 1. The number of hydrogen-bond acceptors (Lipinski definition) is 5. The zero-order valence-electron chi connectivity index (χ0n) is 12.0. The highest BCUT2D eigenvalue weighted by Gasteiger charge is 2.23. The molecule has 0 aliphatic heterocycles. The van der Waals surface area contributed by atoms with Crippen LogP contribution in [0.2, 0.25) is 4.34 Å². The Morgan fingerprint density at radius 1 is 1.26 bits per heavy atom. The van der Waals surface area contributed by atoms with E-state index < -0.39 is 10.0 Å². The molecule has 0 radical (unpaired) electrons. The van der Waals surface area contributed by atoms with Gasteiger partial charge in [-0.3, -0.25) is 4.79 Å². The number of thiophene rings is 1. The highest BCUT2D eigenvalue weighted by molar-refractivity contribution is 7.91. The molecule has 0 aliphatic rings. The SMILES string of the molecule is CN(Cc1nc2ccccc2c(=O)[nH]1)S(=O)(=O)c1ccc(Cl)s1. The van der Waals surface area contributed by atoms with E-state index in [0.717, 1.165) is 15.6 Å². The molecule has 0 fully saturated rings. The zero-order chi connectivity index (χ0) is 16.6. The van der Waals surface area contributed by atoms with Crippen LogP contribution >= 0.6 is 22.9 Å². The molecule has 0 amide bonds. The van der Waals surface area contributed by atoms with Crippen molar-refractivity contribution in [2.45, 2.75) is 10.8 Å². The van der Waals surface area contributed by atoms with Crippen LogP contribution < -0.4 is 5.56 Å². The van der Waals surface area contributed by atoms with Gasteiger partial charge in [-0.05, 0) is 24.3 Å². The second-order valence-corrected chi connectivity index (χ2v) is 8.84. The molecule has 3 aromatic rings. The van der Waals surface area contributed by atoms with Gasteiger partial charge in [-0.1, -0.05) is 23.7 Å². The van der Waals surface area contributed by atoms with Gasteiger partial charge in [0, 0.05) is 7.05 Å². The number of halogens is 1. The maximum atomic E-state index is 12.5. The van der Waals surface area contributed by atoms with Crippen molar-refractivity contribution in [2.24, 2.45) is 0 Å². The molecule has 0 spiro atoms. The number of hydrogen-bond donors (Lipinski definition) is 1. The van der Waals surface area contributed by atoms with Gasteiger partial charge in [0.1, 0.15) is 10.0 Å². The molecule has 3 rings (SSSR count). The quantitative estimate of drug-likeness (QED) is 0.765. The largest absolute Gasteiger partial charge is 0.309 e. The lowest BCUT2D eigenvalue weighted by Gasteiger charge is -2.15. The lowest BCUT2D eigenvalue weighted by atomic mass is 10.2. The summed E-state index contributed by atoms with van der Waals surface area (Å²) < 4.78 is 26.6. The summed E-state index contributed by atoms with van der Waals surface area (Å²) in [7, 11) is -2.25. The highest BCUT2D eigenvalue weighted by atomic mass is 35.5. The molecule has 2 aromatic heterocycles. The third-order valence-electron chi connectivity index (χ3n) is 3.25. The maximum Gasteiger partial charge on any atom is 0.258 e. The Morgan fingerprint density at radius 3 is 2.70 bits per heavy atom. The van der Waals surface area contributed by atoms with Crippen LogP contribution in [0.15, 0.2) is 45.4 Å². The van der Waals surface area contributed by atoms with Crippen molar-refractivity contribution >= 4 is 43.9 Å². The molecule has 9 heteroatoms. The van der Waals surface area contributed by atoms with E-state index in [1.165, 1.54) is 19.2 Å². The molecule has 0 saturated carbocycles. The number of fused-ring (bicyclic) bond motifs is 1. The zero-order valence-corrected chi connectivity index (χ0v) is 14.4. The van der Waals surface area contributed by atoms with Crippen LogP contribution in [-0.4, -0.2) is 29.7 Å². The van der Waals surface area contributed by atoms with E-state index in [2.05, 4.69) is 9.97 Å². The minimum Gasteiger partial charge on any atom is -0.309 e. The van der Waals surface area contributed by atoms with Gasteiger partial charge in [0.05, 0.1) is 21.8 Å². The predicted molar refractivity (Wildman–Crippen MR) is 90.3 cm³/mol. The molecule has 120 valence electrons. The van der Waals surface area contributed by atoms with Crippen molar-refractivity contribution in [3.8, 4) is 0 Å². The number of aromatic nitrogens is 2. The summed E-state index contributed by atoms with van der Waals surface area (Å²) in [6.07, 6.45) is 0.